The van der Waals surface area contributed by atoms with E-state index in [0.29, 0.717) is 23.0 Å². The second-order valence-corrected chi connectivity index (χ2v) is 6.07. The predicted octanol–water partition coefficient (Wildman–Crippen LogP) is 4.59. The van der Waals surface area contributed by atoms with Gasteiger partial charge in [0.1, 0.15) is 35.4 Å². The van der Waals surface area contributed by atoms with Crippen LogP contribution in [0.2, 0.25) is 5.02 Å². The van der Waals surface area contributed by atoms with Crippen LogP contribution in [0.15, 0.2) is 46.9 Å². The molecule has 26 heavy (non-hydrogen) atoms. The molecule has 0 amide bonds. The van der Waals surface area contributed by atoms with Crippen molar-refractivity contribution in [3.63, 3.8) is 0 Å². The average molecular weight is 375 g/mol. The number of benzene rings is 1. The maximum atomic E-state index is 13.0. The second-order valence-electron chi connectivity index (χ2n) is 5.66. The van der Waals surface area contributed by atoms with Crippen molar-refractivity contribution in [2.45, 2.75) is 13.5 Å². The third-order valence-corrected chi connectivity index (χ3v) is 3.90. The van der Waals surface area contributed by atoms with Crippen molar-refractivity contribution in [2.24, 2.45) is 7.05 Å². The summed E-state index contributed by atoms with van der Waals surface area (Å²) in [5.41, 5.74) is 1.28. The minimum Gasteiger partial charge on any atom is -0.484 e. The summed E-state index contributed by atoms with van der Waals surface area (Å²) in [5, 5.41) is 4.33. The standard InChI is InChI=1S/C19H16ClFN2O3/c1-12-9-17(23(2)22-12)18(24)7-6-14-4-5-15(26-14)11-25-19-8-3-13(21)10-16(19)20/h3-10H,11H2,1-2H3/b7-6-. The normalized spacial score (nSPS) is 11.2. The summed E-state index contributed by atoms with van der Waals surface area (Å²) in [5.74, 6) is 0.833. The van der Waals surface area contributed by atoms with Crippen molar-refractivity contribution >= 4 is 23.5 Å². The number of allylic oxidation sites excluding steroid dienone is 1. The molecule has 0 spiro atoms. The first kappa shape index (κ1) is 17.9. The highest BCUT2D eigenvalue weighted by atomic mass is 35.5. The SMILES string of the molecule is Cc1cc(C(=O)/C=C\c2ccc(COc3ccc(F)cc3Cl)o2)n(C)n1. The summed E-state index contributed by atoms with van der Waals surface area (Å²) in [6.07, 6.45) is 3.01. The highest BCUT2D eigenvalue weighted by Crippen LogP contribution is 2.26. The molecule has 0 bridgehead atoms. The van der Waals surface area contributed by atoms with E-state index >= 15 is 0 Å². The van der Waals surface area contributed by atoms with Crippen LogP contribution in [0.25, 0.3) is 6.08 Å². The number of nitrogens with zero attached hydrogens (tertiary/aromatic N) is 2. The monoisotopic (exact) mass is 374 g/mol. The summed E-state index contributed by atoms with van der Waals surface area (Å²) < 4.78 is 25.6. The molecule has 0 saturated heterocycles. The van der Waals surface area contributed by atoms with Crippen LogP contribution < -0.4 is 4.74 Å². The third-order valence-electron chi connectivity index (χ3n) is 3.60. The summed E-state index contributed by atoms with van der Waals surface area (Å²) in [6.45, 7) is 1.96. The van der Waals surface area contributed by atoms with Gasteiger partial charge in [-0.1, -0.05) is 11.6 Å². The maximum Gasteiger partial charge on any atom is 0.203 e. The van der Waals surface area contributed by atoms with Crippen molar-refractivity contribution in [3.8, 4) is 5.75 Å². The molecular weight excluding hydrogens is 359 g/mol. The zero-order valence-corrected chi connectivity index (χ0v) is 15.0. The summed E-state index contributed by atoms with van der Waals surface area (Å²) in [6, 6.07) is 9.08. The number of carbonyl (C=O) groups is 1. The second kappa shape index (κ2) is 7.58. The lowest BCUT2D eigenvalue weighted by Gasteiger charge is -2.05. The molecule has 2 aromatic heterocycles. The van der Waals surface area contributed by atoms with Crippen molar-refractivity contribution in [1.82, 2.24) is 9.78 Å². The first-order chi connectivity index (χ1) is 12.4. The Hall–Kier alpha value is -2.86. The lowest BCUT2D eigenvalue weighted by atomic mass is 10.2. The molecule has 3 aromatic rings. The topological polar surface area (TPSA) is 57.3 Å². The molecule has 0 fully saturated rings. The van der Waals surface area contributed by atoms with Crippen LogP contribution in [0.3, 0.4) is 0 Å². The van der Waals surface area contributed by atoms with E-state index in [1.54, 1.807) is 31.3 Å². The maximum absolute atomic E-state index is 13.0. The smallest absolute Gasteiger partial charge is 0.203 e. The first-order valence-electron chi connectivity index (χ1n) is 7.82. The van der Waals surface area contributed by atoms with Crippen molar-refractivity contribution in [1.29, 1.82) is 0 Å². The molecule has 0 N–H and O–H groups in total. The molecule has 2 heterocycles. The van der Waals surface area contributed by atoms with Crippen LogP contribution in [0.4, 0.5) is 4.39 Å². The van der Waals surface area contributed by atoms with Gasteiger partial charge in [0.25, 0.3) is 0 Å². The van der Waals surface area contributed by atoms with Gasteiger partial charge in [0.2, 0.25) is 5.78 Å². The van der Waals surface area contributed by atoms with Crippen molar-refractivity contribution in [3.05, 3.63) is 76.2 Å². The Labute approximate surface area is 154 Å². The van der Waals surface area contributed by atoms with E-state index < -0.39 is 5.82 Å². The highest BCUT2D eigenvalue weighted by Gasteiger charge is 2.09. The van der Waals surface area contributed by atoms with Gasteiger partial charge in [-0.2, -0.15) is 5.10 Å². The van der Waals surface area contributed by atoms with Gasteiger partial charge in [-0.3, -0.25) is 9.48 Å². The van der Waals surface area contributed by atoms with E-state index in [4.69, 9.17) is 20.8 Å². The molecule has 0 aliphatic heterocycles. The number of hydrogen-bond donors (Lipinski definition) is 0. The molecule has 0 saturated carbocycles. The number of ether oxygens (including phenoxy) is 1. The molecule has 134 valence electrons. The van der Waals surface area contributed by atoms with Crippen LogP contribution in [-0.4, -0.2) is 15.6 Å². The van der Waals surface area contributed by atoms with Gasteiger partial charge in [0.15, 0.2) is 0 Å². The fourth-order valence-corrected chi connectivity index (χ4v) is 2.61. The van der Waals surface area contributed by atoms with Crippen LogP contribution in [0.1, 0.15) is 27.7 Å². The van der Waals surface area contributed by atoms with Gasteiger partial charge in [-0.25, -0.2) is 4.39 Å². The van der Waals surface area contributed by atoms with Gasteiger partial charge in [0, 0.05) is 7.05 Å². The number of carbonyl (C=O) groups excluding carboxylic acids is 1. The van der Waals surface area contributed by atoms with E-state index in [2.05, 4.69) is 5.10 Å². The van der Waals surface area contributed by atoms with E-state index in [-0.39, 0.29) is 17.4 Å². The summed E-state index contributed by atoms with van der Waals surface area (Å²) >= 11 is 5.91. The Morgan fingerprint density at radius 3 is 2.85 bits per heavy atom. The molecule has 0 atom stereocenters. The van der Waals surface area contributed by atoms with Crippen LogP contribution in [0, 0.1) is 12.7 Å². The predicted molar refractivity (Wildman–Crippen MR) is 95.8 cm³/mol. The Balaban J connectivity index is 1.62. The van der Waals surface area contributed by atoms with E-state index in [9.17, 15) is 9.18 Å². The Morgan fingerprint density at radius 2 is 2.15 bits per heavy atom. The number of rotatable bonds is 6. The van der Waals surface area contributed by atoms with Gasteiger partial charge >= 0.3 is 0 Å². The van der Waals surface area contributed by atoms with Crippen LogP contribution in [-0.2, 0) is 13.7 Å². The van der Waals surface area contributed by atoms with Gasteiger partial charge in [-0.15, -0.1) is 0 Å². The van der Waals surface area contributed by atoms with Gasteiger partial charge in [0.05, 0.1) is 10.7 Å². The fraction of sp³-hybridized carbons (Fsp3) is 0.158. The zero-order valence-electron chi connectivity index (χ0n) is 14.2. The highest BCUT2D eigenvalue weighted by molar-refractivity contribution is 6.32. The molecule has 0 aliphatic carbocycles. The molecule has 0 radical (unpaired) electrons. The zero-order chi connectivity index (χ0) is 18.7. The minimum atomic E-state index is -0.430. The summed E-state index contributed by atoms with van der Waals surface area (Å²) in [7, 11) is 1.72. The largest absolute Gasteiger partial charge is 0.484 e. The molecule has 1 aromatic carbocycles. The third kappa shape index (κ3) is 4.21. The van der Waals surface area contributed by atoms with Gasteiger partial charge in [-0.05, 0) is 55.5 Å². The molecule has 3 rings (SSSR count). The van der Waals surface area contributed by atoms with Crippen molar-refractivity contribution in [2.75, 3.05) is 0 Å². The average Bonchev–Trinajstić information content (AvgIpc) is 3.18. The molecule has 0 aliphatic rings. The lowest BCUT2D eigenvalue weighted by Crippen LogP contribution is -2.03. The molecular formula is C19H16ClFN2O3. The Morgan fingerprint density at radius 1 is 1.35 bits per heavy atom. The number of aromatic nitrogens is 2. The quantitative estimate of drug-likeness (QED) is 0.467. The minimum absolute atomic E-state index is 0.133. The van der Waals surface area contributed by atoms with Crippen molar-refractivity contribution < 1.29 is 18.3 Å². The first-order valence-corrected chi connectivity index (χ1v) is 8.20. The fourth-order valence-electron chi connectivity index (χ4n) is 2.39. The van der Waals surface area contributed by atoms with Gasteiger partial charge < -0.3 is 9.15 Å². The number of hydrogen-bond acceptors (Lipinski definition) is 4. The Kier molecular flexibility index (Phi) is 5.23. The number of aryl methyl sites for hydroxylation is 2. The number of ketones is 1. The number of furan rings is 1. The molecule has 0 unspecified atom stereocenters. The van der Waals surface area contributed by atoms with Crippen LogP contribution in [0.5, 0.6) is 5.75 Å². The van der Waals surface area contributed by atoms with E-state index in [0.717, 1.165) is 5.69 Å². The molecule has 7 heteroatoms. The lowest BCUT2D eigenvalue weighted by molar-refractivity contribution is 0.103. The summed E-state index contributed by atoms with van der Waals surface area (Å²) in [4.78, 5) is 12.2. The Bertz CT molecular complexity index is 975. The van der Waals surface area contributed by atoms with Crippen LogP contribution >= 0.6 is 11.6 Å². The molecule has 5 nitrogen and oxygen atoms in total. The van der Waals surface area contributed by atoms with E-state index in [1.807, 2.05) is 6.92 Å². The van der Waals surface area contributed by atoms with E-state index in [1.165, 1.54) is 29.0 Å². The number of halogens is 2.